The monoisotopic (exact) mass is 292 g/mol. The molecule has 0 fully saturated rings. The van der Waals surface area contributed by atoms with Gasteiger partial charge in [-0.05, 0) is 52.2 Å². The molecule has 3 nitrogen and oxygen atoms in total. The number of hydrogen-bond acceptors (Lipinski definition) is 3. The maximum absolute atomic E-state index is 5.69. The van der Waals surface area contributed by atoms with Gasteiger partial charge in [-0.1, -0.05) is 12.1 Å². The minimum Gasteiger partial charge on any atom is -0.438 e. The van der Waals surface area contributed by atoms with Gasteiger partial charge in [-0.2, -0.15) is 0 Å². The van der Waals surface area contributed by atoms with Gasteiger partial charge in [0.05, 0.1) is 4.47 Å². The van der Waals surface area contributed by atoms with Crippen LogP contribution in [-0.4, -0.2) is 4.98 Å². The lowest BCUT2D eigenvalue weighted by Crippen LogP contribution is -1.96. The molecule has 17 heavy (non-hydrogen) atoms. The Morgan fingerprint density at radius 1 is 1.24 bits per heavy atom. The molecule has 0 atom stereocenters. The van der Waals surface area contributed by atoms with Crippen LogP contribution < -0.4 is 10.5 Å². The second kappa shape index (κ2) is 5.29. The van der Waals surface area contributed by atoms with Crippen molar-refractivity contribution in [2.45, 2.75) is 13.5 Å². The molecule has 2 aromatic rings. The lowest BCUT2D eigenvalue weighted by atomic mass is 10.2. The van der Waals surface area contributed by atoms with Crippen molar-refractivity contribution in [3.63, 3.8) is 0 Å². The van der Waals surface area contributed by atoms with Crippen LogP contribution in [0.5, 0.6) is 11.6 Å². The van der Waals surface area contributed by atoms with Crippen LogP contribution in [0, 0.1) is 6.92 Å². The minimum absolute atomic E-state index is 0.534. The maximum Gasteiger partial charge on any atom is 0.233 e. The van der Waals surface area contributed by atoms with E-state index in [2.05, 4.69) is 20.9 Å². The van der Waals surface area contributed by atoms with Crippen LogP contribution in [0.4, 0.5) is 0 Å². The number of rotatable bonds is 3. The molecule has 0 aliphatic heterocycles. The summed E-state index contributed by atoms with van der Waals surface area (Å²) in [5.41, 5.74) is 7.70. The number of nitrogens with two attached hydrogens (primary N) is 1. The van der Waals surface area contributed by atoms with Gasteiger partial charge in [-0.25, -0.2) is 4.98 Å². The van der Waals surface area contributed by atoms with E-state index in [0.29, 0.717) is 12.4 Å². The van der Waals surface area contributed by atoms with Crippen molar-refractivity contribution < 1.29 is 4.74 Å². The molecule has 0 amide bonds. The van der Waals surface area contributed by atoms with Gasteiger partial charge in [-0.3, -0.25) is 0 Å². The molecule has 1 aromatic carbocycles. The van der Waals surface area contributed by atoms with Gasteiger partial charge in [0, 0.05) is 12.7 Å². The summed E-state index contributed by atoms with van der Waals surface area (Å²) in [7, 11) is 0. The average molecular weight is 293 g/mol. The van der Waals surface area contributed by atoms with Gasteiger partial charge in [0.25, 0.3) is 0 Å². The second-order valence-corrected chi connectivity index (χ2v) is 4.49. The maximum atomic E-state index is 5.69. The van der Waals surface area contributed by atoms with E-state index in [9.17, 15) is 0 Å². The first-order valence-corrected chi connectivity index (χ1v) is 6.08. The average Bonchev–Trinajstić information content (AvgIpc) is 2.36. The summed E-state index contributed by atoms with van der Waals surface area (Å²) in [6.45, 7) is 2.53. The summed E-state index contributed by atoms with van der Waals surface area (Å²) in [6.07, 6.45) is 1.73. The van der Waals surface area contributed by atoms with E-state index in [1.807, 2.05) is 37.3 Å². The third kappa shape index (κ3) is 2.84. The molecule has 1 heterocycles. The van der Waals surface area contributed by atoms with Crippen LogP contribution in [0.3, 0.4) is 0 Å². The fourth-order valence-corrected chi connectivity index (χ4v) is 1.71. The molecule has 2 rings (SSSR count). The van der Waals surface area contributed by atoms with Gasteiger partial charge in [0.1, 0.15) is 5.75 Å². The van der Waals surface area contributed by atoms with Crippen LogP contribution in [0.2, 0.25) is 0 Å². The zero-order chi connectivity index (χ0) is 12.3. The van der Waals surface area contributed by atoms with E-state index in [0.717, 1.165) is 21.3 Å². The molecule has 0 radical (unpaired) electrons. The lowest BCUT2D eigenvalue weighted by molar-refractivity contribution is 0.459. The highest BCUT2D eigenvalue weighted by molar-refractivity contribution is 9.10. The van der Waals surface area contributed by atoms with E-state index in [1.165, 1.54) is 0 Å². The molecule has 0 aliphatic carbocycles. The number of halogens is 1. The van der Waals surface area contributed by atoms with Crippen molar-refractivity contribution in [2.24, 2.45) is 5.73 Å². The smallest absolute Gasteiger partial charge is 0.233 e. The van der Waals surface area contributed by atoms with Crippen LogP contribution in [0.15, 0.2) is 41.0 Å². The Balaban J connectivity index is 2.22. The van der Waals surface area contributed by atoms with Crippen molar-refractivity contribution in [3.05, 3.63) is 52.1 Å². The van der Waals surface area contributed by atoms with Crippen LogP contribution in [-0.2, 0) is 6.54 Å². The predicted octanol–water partition coefficient (Wildman–Crippen LogP) is 3.40. The molecular formula is C13H13BrN2O. The first-order chi connectivity index (χ1) is 8.20. The molecule has 0 spiro atoms. The molecule has 0 saturated heterocycles. The first kappa shape index (κ1) is 12.1. The highest BCUT2D eigenvalue weighted by Crippen LogP contribution is 2.29. The molecule has 88 valence electrons. The molecule has 1 aromatic heterocycles. The first-order valence-electron chi connectivity index (χ1n) is 5.28. The van der Waals surface area contributed by atoms with E-state index in [-0.39, 0.29) is 0 Å². The van der Waals surface area contributed by atoms with Crippen molar-refractivity contribution in [2.75, 3.05) is 0 Å². The number of aryl methyl sites for hydroxylation is 1. The van der Waals surface area contributed by atoms with E-state index in [1.54, 1.807) is 6.20 Å². The van der Waals surface area contributed by atoms with E-state index >= 15 is 0 Å². The standard InChI is InChI=1S/C13H13BrN2O/c1-9-6-7-16-13(12(9)14)17-11-4-2-10(8-15)3-5-11/h2-7H,8,15H2,1H3. The normalized spacial score (nSPS) is 10.3. The third-order valence-corrected chi connectivity index (χ3v) is 3.39. The highest BCUT2D eigenvalue weighted by atomic mass is 79.9. The Kier molecular flexibility index (Phi) is 3.76. The number of nitrogens with zero attached hydrogens (tertiary/aromatic N) is 1. The number of aromatic nitrogens is 1. The van der Waals surface area contributed by atoms with Gasteiger partial charge in [-0.15, -0.1) is 0 Å². The second-order valence-electron chi connectivity index (χ2n) is 3.70. The molecule has 2 N–H and O–H groups in total. The Hall–Kier alpha value is -1.39. The van der Waals surface area contributed by atoms with Crippen LogP contribution in [0.1, 0.15) is 11.1 Å². The predicted molar refractivity (Wildman–Crippen MR) is 71.1 cm³/mol. The number of benzene rings is 1. The number of hydrogen-bond donors (Lipinski definition) is 1. The molecule has 0 aliphatic rings. The minimum atomic E-state index is 0.534. The number of pyridine rings is 1. The zero-order valence-corrected chi connectivity index (χ0v) is 11.1. The summed E-state index contributed by atoms with van der Waals surface area (Å²) < 4.78 is 6.57. The Labute approximate surface area is 109 Å². The Morgan fingerprint density at radius 2 is 1.94 bits per heavy atom. The van der Waals surface area contributed by atoms with Crippen molar-refractivity contribution in [1.82, 2.24) is 4.98 Å². The largest absolute Gasteiger partial charge is 0.438 e. The third-order valence-electron chi connectivity index (χ3n) is 2.42. The topological polar surface area (TPSA) is 48.1 Å². The Bertz CT molecular complexity index is 511. The van der Waals surface area contributed by atoms with E-state index < -0.39 is 0 Å². The quantitative estimate of drug-likeness (QED) is 0.943. The molecule has 0 unspecified atom stereocenters. The fourth-order valence-electron chi connectivity index (χ4n) is 1.39. The number of ether oxygens (including phenoxy) is 1. The van der Waals surface area contributed by atoms with Crippen LogP contribution in [0.25, 0.3) is 0 Å². The summed E-state index contributed by atoms with van der Waals surface area (Å²) in [4.78, 5) is 4.18. The fraction of sp³-hybridized carbons (Fsp3) is 0.154. The van der Waals surface area contributed by atoms with Crippen LogP contribution >= 0.6 is 15.9 Å². The van der Waals surface area contributed by atoms with Crippen molar-refractivity contribution in [3.8, 4) is 11.6 Å². The van der Waals surface area contributed by atoms with Gasteiger partial charge in [0.15, 0.2) is 0 Å². The molecule has 0 saturated carbocycles. The van der Waals surface area contributed by atoms with Crippen molar-refractivity contribution >= 4 is 15.9 Å². The molecule has 0 bridgehead atoms. The summed E-state index contributed by atoms with van der Waals surface area (Å²) in [5, 5.41) is 0. The summed E-state index contributed by atoms with van der Waals surface area (Å²) in [5.74, 6) is 1.33. The summed E-state index contributed by atoms with van der Waals surface area (Å²) >= 11 is 3.46. The van der Waals surface area contributed by atoms with Gasteiger partial charge < -0.3 is 10.5 Å². The van der Waals surface area contributed by atoms with E-state index in [4.69, 9.17) is 10.5 Å². The van der Waals surface area contributed by atoms with Crippen molar-refractivity contribution in [1.29, 1.82) is 0 Å². The lowest BCUT2D eigenvalue weighted by Gasteiger charge is -2.08. The van der Waals surface area contributed by atoms with Gasteiger partial charge >= 0.3 is 0 Å². The Morgan fingerprint density at radius 3 is 2.59 bits per heavy atom. The van der Waals surface area contributed by atoms with Gasteiger partial charge in [0.2, 0.25) is 5.88 Å². The zero-order valence-electron chi connectivity index (χ0n) is 9.48. The highest BCUT2D eigenvalue weighted by Gasteiger charge is 2.06. The SMILES string of the molecule is Cc1ccnc(Oc2ccc(CN)cc2)c1Br. The summed E-state index contributed by atoms with van der Waals surface area (Å²) in [6, 6.07) is 9.59. The molecule has 4 heteroatoms. The molecular weight excluding hydrogens is 280 g/mol.